The second-order valence-electron chi connectivity index (χ2n) is 13.7. The van der Waals surface area contributed by atoms with Crippen LogP contribution in [0.3, 0.4) is 0 Å². The summed E-state index contributed by atoms with van der Waals surface area (Å²) in [5.41, 5.74) is 0. The molecular weight excluding hydrogens is 835 g/mol. The van der Waals surface area contributed by atoms with Crippen molar-refractivity contribution in [2.45, 2.75) is 51.5 Å². The number of unbranched alkanes of at least 4 members (excludes halogenated alkanes) is 3. The standard InChI is InChI=1S/C42H71IO11Si/c1-42(2,3)55(40-14-8-6-9-15-40,41-16-10-7-11-17-41)54-39-38-53-37-36-52-35-34-51-33-32-50-31-30-49-29-28-48-27-26-47-25-24-46-23-22-45-21-20-44-19-13-5-4-12-18-43/h6-11,14-17H,4-5,12-13,18-39H2,1-3H3. The molecule has 0 atom stereocenters. The monoisotopic (exact) mass is 906 g/mol. The highest BCUT2D eigenvalue weighted by Gasteiger charge is 2.50. The summed E-state index contributed by atoms with van der Waals surface area (Å²) in [4.78, 5) is 0. The molecule has 2 aromatic carbocycles. The van der Waals surface area contributed by atoms with E-state index in [4.69, 9.17) is 51.8 Å². The third-order valence-electron chi connectivity index (χ3n) is 8.48. The van der Waals surface area contributed by atoms with Gasteiger partial charge in [-0.3, -0.25) is 0 Å². The Kier molecular flexibility index (Phi) is 31.8. The molecule has 0 aromatic heterocycles. The first-order chi connectivity index (χ1) is 27.0. The quantitative estimate of drug-likeness (QED) is 0.0357. The average molecular weight is 907 g/mol. The third-order valence-corrected chi connectivity index (χ3v) is 14.3. The van der Waals surface area contributed by atoms with Crippen molar-refractivity contribution in [3.05, 3.63) is 60.7 Å². The first-order valence-electron chi connectivity index (χ1n) is 20.1. The fourth-order valence-electron chi connectivity index (χ4n) is 5.75. The summed E-state index contributed by atoms with van der Waals surface area (Å²) in [6, 6.07) is 21.3. The molecular formula is C42H71IO11Si. The highest BCUT2D eigenvalue weighted by atomic mass is 127. The second kappa shape index (κ2) is 34.9. The van der Waals surface area contributed by atoms with Crippen molar-refractivity contribution in [3.63, 3.8) is 0 Å². The molecule has 316 valence electrons. The van der Waals surface area contributed by atoms with Gasteiger partial charge in [0.05, 0.1) is 132 Å². The van der Waals surface area contributed by atoms with Gasteiger partial charge in [0, 0.05) is 6.61 Å². The molecule has 0 unspecified atom stereocenters. The van der Waals surface area contributed by atoms with Crippen LogP contribution >= 0.6 is 22.6 Å². The normalized spacial score (nSPS) is 12.1. The molecule has 0 fully saturated rings. The summed E-state index contributed by atoms with van der Waals surface area (Å²) >= 11 is 2.42. The average Bonchev–Trinajstić information content (AvgIpc) is 3.19. The summed E-state index contributed by atoms with van der Waals surface area (Å²) in [5, 5.41) is 2.48. The Bertz CT molecular complexity index is 1060. The molecule has 0 aliphatic carbocycles. The molecule has 0 N–H and O–H groups in total. The predicted octanol–water partition coefficient (Wildman–Crippen LogP) is 5.72. The summed E-state index contributed by atoms with van der Waals surface area (Å²) in [6.07, 6.45) is 4.98. The summed E-state index contributed by atoms with van der Waals surface area (Å²) in [5.74, 6) is 0. The molecule has 0 amide bonds. The Balaban J connectivity index is 1.29. The maximum Gasteiger partial charge on any atom is 0.261 e. The van der Waals surface area contributed by atoms with Crippen molar-refractivity contribution in [2.24, 2.45) is 0 Å². The van der Waals surface area contributed by atoms with Crippen LogP contribution in [-0.2, 0) is 51.8 Å². The van der Waals surface area contributed by atoms with Gasteiger partial charge < -0.3 is 51.8 Å². The Morgan fingerprint density at radius 1 is 0.364 bits per heavy atom. The number of hydrogen-bond donors (Lipinski definition) is 0. The van der Waals surface area contributed by atoms with E-state index < -0.39 is 8.32 Å². The fraction of sp³-hybridized carbons (Fsp3) is 0.714. The molecule has 55 heavy (non-hydrogen) atoms. The SMILES string of the molecule is CC(C)(C)[Si](OCCOCCOCCOCCOCCOCCOCCOCCOCCOCCOCCCCCCI)(c1ccccc1)c1ccccc1. The third kappa shape index (κ3) is 24.5. The second-order valence-corrected chi connectivity index (χ2v) is 19.1. The van der Waals surface area contributed by atoms with Gasteiger partial charge in [0.25, 0.3) is 8.32 Å². The van der Waals surface area contributed by atoms with Gasteiger partial charge in [-0.05, 0) is 32.7 Å². The van der Waals surface area contributed by atoms with Gasteiger partial charge in [-0.1, -0.05) is 117 Å². The maximum atomic E-state index is 6.85. The number of alkyl halides is 1. The molecule has 11 nitrogen and oxygen atoms in total. The van der Waals surface area contributed by atoms with Gasteiger partial charge in [-0.15, -0.1) is 0 Å². The minimum absolute atomic E-state index is 0.0545. The molecule has 2 aromatic rings. The lowest BCUT2D eigenvalue weighted by atomic mass is 10.2. The van der Waals surface area contributed by atoms with E-state index in [1.807, 2.05) is 0 Å². The van der Waals surface area contributed by atoms with Crippen molar-refractivity contribution in [2.75, 3.05) is 143 Å². The van der Waals surface area contributed by atoms with Crippen LogP contribution in [0, 0.1) is 0 Å². The van der Waals surface area contributed by atoms with E-state index in [-0.39, 0.29) is 5.04 Å². The lowest BCUT2D eigenvalue weighted by Crippen LogP contribution is -2.66. The van der Waals surface area contributed by atoms with Crippen LogP contribution in [0.25, 0.3) is 0 Å². The van der Waals surface area contributed by atoms with Gasteiger partial charge in [0.15, 0.2) is 0 Å². The Morgan fingerprint density at radius 2 is 0.636 bits per heavy atom. The van der Waals surface area contributed by atoms with Crippen molar-refractivity contribution in [1.29, 1.82) is 0 Å². The largest absolute Gasteiger partial charge is 0.405 e. The van der Waals surface area contributed by atoms with Crippen LogP contribution in [0.5, 0.6) is 0 Å². The zero-order valence-electron chi connectivity index (χ0n) is 34.0. The van der Waals surface area contributed by atoms with Gasteiger partial charge in [-0.2, -0.15) is 0 Å². The topological polar surface area (TPSA) is 102 Å². The van der Waals surface area contributed by atoms with Gasteiger partial charge in [0.2, 0.25) is 0 Å². The van der Waals surface area contributed by atoms with Gasteiger partial charge in [-0.25, -0.2) is 0 Å². The Hall–Kier alpha value is -1.05. The Labute approximate surface area is 346 Å². The number of ether oxygens (including phenoxy) is 10. The minimum Gasteiger partial charge on any atom is -0.405 e. The van der Waals surface area contributed by atoms with Crippen molar-refractivity contribution >= 4 is 41.3 Å². The maximum absolute atomic E-state index is 6.85. The minimum atomic E-state index is -2.54. The van der Waals surface area contributed by atoms with Crippen molar-refractivity contribution in [3.8, 4) is 0 Å². The molecule has 0 aliphatic heterocycles. The van der Waals surface area contributed by atoms with E-state index in [1.54, 1.807) is 0 Å². The van der Waals surface area contributed by atoms with E-state index >= 15 is 0 Å². The predicted molar refractivity (Wildman–Crippen MR) is 229 cm³/mol. The van der Waals surface area contributed by atoms with Gasteiger partial charge in [0.1, 0.15) is 0 Å². The zero-order chi connectivity index (χ0) is 39.4. The molecule has 0 bridgehead atoms. The molecule has 0 aliphatic rings. The van der Waals surface area contributed by atoms with Crippen LogP contribution in [-0.4, -0.2) is 151 Å². The summed E-state index contributed by atoms with van der Waals surface area (Å²) < 4.78 is 63.9. The van der Waals surface area contributed by atoms with E-state index in [0.717, 1.165) is 13.0 Å². The molecule has 0 heterocycles. The molecule has 0 saturated heterocycles. The summed E-state index contributed by atoms with van der Waals surface area (Å²) in [6.45, 7) is 18.3. The van der Waals surface area contributed by atoms with E-state index in [9.17, 15) is 0 Å². The van der Waals surface area contributed by atoms with E-state index in [2.05, 4.69) is 104 Å². The summed E-state index contributed by atoms with van der Waals surface area (Å²) in [7, 11) is -2.54. The molecule has 0 spiro atoms. The highest BCUT2D eigenvalue weighted by molar-refractivity contribution is 14.1. The van der Waals surface area contributed by atoms with Gasteiger partial charge >= 0.3 is 0 Å². The number of halogens is 1. The smallest absolute Gasteiger partial charge is 0.261 e. The lowest BCUT2D eigenvalue weighted by Gasteiger charge is -2.43. The first-order valence-corrected chi connectivity index (χ1v) is 23.5. The molecule has 0 saturated carbocycles. The van der Waals surface area contributed by atoms with Crippen LogP contribution in [0.4, 0.5) is 0 Å². The first kappa shape index (κ1) is 50.1. The lowest BCUT2D eigenvalue weighted by molar-refractivity contribution is -0.0267. The molecule has 0 radical (unpaired) electrons. The van der Waals surface area contributed by atoms with Crippen molar-refractivity contribution < 1.29 is 51.8 Å². The molecule has 13 heteroatoms. The van der Waals surface area contributed by atoms with E-state index in [1.165, 1.54) is 34.1 Å². The number of rotatable bonds is 39. The van der Waals surface area contributed by atoms with Crippen LogP contribution in [0.1, 0.15) is 46.5 Å². The number of benzene rings is 2. The fourth-order valence-corrected chi connectivity index (χ4v) is 10.8. The Morgan fingerprint density at radius 3 is 0.927 bits per heavy atom. The van der Waals surface area contributed by atoms with Crippen molar-refractivity contribution in [1.82, 2.24) is 0 Å². The van der Waals surface area contributed by atoms with Crippen LogP contribution < -0.4 is 10.4 Å². The van der Waals surface area contributed by atoms with Crippen LogP contribution in [0.15, 0.2) is 60.7 Å². The zero-order valence-corrected chi connectivity index (χ0v) is 37.2. The molecule has 2 rings (SSSR count). The van der Waals surface area contributed by atoms with E-state index in [0.29, 0.717) is 132 Å². The highest BCUT2D eigenvalue weighted by Crippen LogP contribution is 2.36. The van der Waals surface area contributed by atoms with Crippen LogP contribution in [0.2, 0.25) is 5.04 Å². The number of hydrogen-bond acceptors (Lipinski definition) is 11.